The maximum atomic E-state index is 12.3. The number of hydrogen-bond donors (Lipinski definition) is 1. The molecule has 2 aromatic carbocycles. The average Bonchev–Trinajstić information content (AvgIpc) is 3.24. The van der Waals surface area contributed by atoms with Crippen molar-refractivity contribution in [2.45, 2.75) is 34.2 Å². The van der Waals surface area contributed by atoms with Crippen molar-refractivity contribution >= 4 is 46.5 Å². The maximum Gasteiger partial charge on any atom is 0.234 e. The molecule has 0 atom stereocenters. The third kappa shape index (κ3) is 7.15. The summed E-state index contributed by atoms with van der Waals surface area (Å²) in [5.74, 6) is 2.73. The summed E-state index contributed by atoms with van der Waals surface area (Å²) in [6, 6.07) is 13.9. The van der Waals surface area contributed by atoms with Crippen molar-refractivity contribution < 1.29 is 14.3 Å². The van der Waals surface area contributed by atoms with Gasteiger partial charge in [-0.2, -0.15) is 0 Å². The van der Waals surface area contributed by atoms with E-state index in [1.54, 1.807) is 44.2 Å². The smallest absolute Gasteiger partial charge is 0.234 e. The maximum absolute atomic E-state index is 12.3. The molecule has 0 radical (unpaired) electrons. The second kappa shape index (κ2) is 11.4. The van der Waals surface area contributed by atoms with Crippen LogP contribution in [0.25, 0.3) is 0 Å². The van der Waals surface area contributed by atoms with Crippen molar-refractivity contribution in [3.05, 3.63) is 53.6 Å². The van der Waals surface area contributed by atoms with Crippen molar-refractivity contribution in [3.63, 3.8) is 0 Å². The Morgan fingerprint density at radius 1 is 1.00 bits per heavy atom. The van der Waals surface area contributed by atoms with E-state index in [1.165, 1.54) is 34.2 Å². The molecule has 0 aliphatic carbocycles. The van der Waals surface area contributed by atoms with E-state index in [2.05, 4.69) is 53.6 Å². The summed E-state index contributed by atoms with van der Waals surface area (Å²) >= 11 is 4.53. The van der Waals surface area contributed by atoms with Crippen LogP contribution in [0.15, 0.2) is 51.1 Å². The quantitative estimate of drug-likeness (QED) is 0.377. The van der Waals surface area contributed by atoms with Crippen LogP contribution >= 0.6 is 34.9 Å². The van der Waals surface area contributed by atoms with Gasteiger partial charge >= 0.3 is 0 Å². The molecule has 9 heteroatoms. The van der Waals surface area contributed by atoms with E-state index in [0.29, 0.717) is 23.1 Å². The van der Waals surface area contributed by atoms with Crippen molar-refractivity contribution in [1.82, 2.24) is 10.2 Å². The van der Waals surface area contributed by atoms with Gasteiger partial charge in [-0.05, 0) is 17.0 Å². The number of nitrogens with zero attached hydrogens (tertiary/aromatic N) is 2. The molecule has 0 unspecified atom stereocenters. The lowest BCUT2D eigenvalue weighted by Crippen LogP contribution is -2.14. The summed E-state index contributed by atoms with van der Waals surface area (Å²) in [5.41, 5.74) is 3.22. The van der Waals surface area contributed by atoms with Gasteiger partial charge in [-0.15, -0.1) is 10.2 Å². The molecule has 3 aromatic rings. The number of rotatable bonds is 10. The summed E-state index contributed by atoms with van der Waals surface area (Å²) in [6.07, 6.45) is 0. The zero-order chi connectivity index (χ0) is 22.2. The highest BCUT2D eigenvalue weighted by Gasteiger charge is 2.11. The van der Waals surface area contributed by atoms with Crippen LogP contribution in [0.1, 0.15) is 30.9 Å². The highest BCUT2D eigenvalue weighted by molar-refractivity contribution is 8.03. The van der Waals surface area contributed by atoms with E-state index in [1.807, 2.05) is 0 Å². The first-order valence-corrected chi connectivity index (χ1v) is 12.5. The molecule has 1 amide bonds. The van der Waals surface area contributed by atoms with Crippen LogP contribution in [0.5, 0.6) is 11.5 Å². The number of hydrogen-bond acceptors (Lipinski definition) is 8. The molecule has 0 fully saturated rings. The van der Waals surface area contributed by atoms with Gasteiger partial charge in [0.1, 0.15) is 11.5 Å². The van der Waals surface area contributed by atoms with Crippen molar-refractivity contribution in [2.24, 2.45) is 0 Å². The first-order chi connectivity index (χ1) is 15.0. The Balaban J connectivity index is 1.48. The van der Waals surface area contributed by atoms with Gasteiger partial charge in [0.15, 0.2) is 8.68 Å². The van der Waals surface area contributed by atoms with Gasteiger partial charge < -0.3 is 14.8 Å². The van der Waals surface area contributed by atoms with E-state index in [0.717, 1.165) is 14.4 Å². The number of benzene rings is 2. The number of carbonyl (C=O) groups is 1. The number of nitrogens with one attached hydrogen (secondary N) is 1. The van der Waals surface area contributed by atoms with Crippen molar-refractivity contribution in [2.75, 3.05) is 25.3 Å². The molecule has 0 aliphatic rings. The molecule has 164 valence electrons. The Morgan fingerprint density at radius 2 is 1.61 bits per heavy atom. The molecular formula is C22H25N3O3S3. The fourth-order valence-electron chi connectivity index (χ4n) is 2.66. The van der Waals surface area contributed by atoms with Crippen LogP contribution in [0.3, 0.4) is 0 Å². The third-order valence-electron chi connectivity index (χ3n) is 4.36. The monoisotopic (exact) mass is 475 g/mol. The number of amides is 1. The summed E-state index contributed by atoms with van der Waals surface area (Å²) in [5, 5.41) is 11.3. The molecule has 31 heavy (non-hydrogen) atoms. The standard InChI is InChI=1S/C22H25N3O3S3/c1-14(2)16-7-5-15(6-8-16)12-29-21-24-25-22(31-21)30-13-20(26)23-17-9-18(27-3)11-19(10-17)28-4/h5-11,14H,12-13H2,1-4H3,(H,23,26). The number of methoxy groups -OCH3 is 2. The minimum atomic E-state index is -0.130. The fourth-order valence-corrected chi connectivity index (χ4v) is 5.44. The number of anilines is 1. The predicted molar refractivity (Wildman–Crippen MR) is 129 cm³/mol. The third-order valence-corrected chi connectivity index (χ3v) is 7.62. The zero-order valence-corrected chi connectivity index (χ0v) is 20.3. The highest BCUT2D eigenvalue weighted by Crippen LogP contribution is 2.31. The van der Waals surface area contributed by atoms with E-state index >= 15 is 0 Å². The minimum Gasteiger partial charge on any atom is -0.497 e. The molecule has 0 saturated heterocycles. The Hall–Kier alpha value is -2.23. The largest absolute Gasteiger partial charge is 0.497 e. The van der Waals surface area contributed by atoms with E-state index < -0.39 is 0 Å². The Labute approximate surface area is 195 Å². The van der Waals surface area contributed by atoms with Gasteiger partial charge in [0.25, 0.3) is 0 Å². The fraction of sp³-hybridized carbons (Fsp3) is 0.318. The first-order valence-electron chi connectivity index (χ1n) is 9.67. The first kappa shape index (κ1) is 23.4. The van der Waals surface area contributed by atoms with Crippen LogP contribution in [0, 0.1) is 0 Å². The molecule has 3 rings (SSSR count). The molecule has 1 heterocycles. The number of aromatic nitrogens is 2. The summed E-state index contributed by atoms with van der Waals surface area (Å²) in [6.45, 7) is 4.38. The molecule has 0 saturated carbocycles. The molecule has 0 bridgehead atoms. The minimum absolute atomic E-state index is 0.130. The van der Waals surface area contributed by atoms with Crippen molar-refractivity contribution in [1.29, 1.82) is 0 Å². The summed E-state index contributed by atoms with van der Waals surface area (Å²) in [4.78, 5) is 12.3. The lowest BCUT2D eigenvalue weighted by atomic mass is 10.0. The topological polar surface area (TPSA) is 73.3 Å². The van der Waals surface area contributed by atoms with Crippen LogP contribution in [0.4, 0.5) is 5.69 Å². The van der Waals surface area contributed by atoms with Crippen LogP contribution in [-0.2, 0) is 10.5 Å². The van der Waals surface area contributed by atoms with Crippen molar-refractivity contribution in [3.8, 4) is 11.5 Å². The van der Waals surface area contributed by atoms with Gasteiger partial charge in [0.05, 0.1) is 20.0 Å². The molecule has 6 nitrogen and oxygen atoms in total. The number of thioether (sulfide) groups is 2. The highest BCUT2D eigenvalue weighted by atomic mass is 32.2. The van der Waals surface area contributed by atoms with Gasteiger partial charge in [0.2, 0.25) is 5.91 Å². The molecule has 1 N–H and O–H groups in total. The zero-order valence-electron chi connectivity index (χ0n) is 17.9. The van der Waals surface area contributed by atoms with E-state index in [9.17, 15) is 4.79 Å². The summed E-state index contributed by atoms with van der Waals surface area (Å²) < 4.78 is 12.1. The molecular weight excluding hydrogens is 450 g/mol. The van der Waals surface area contributed by atoms with E-state index in [-0.39, 0.29) is 11.7 Å². The van der Waals surface area contributed by atoms with Gasteiger partial charge in [-0.25, -0.2) is 0 Å². The number of carbonyl (C=O) groups excluding carboxylic acids is 1. The average molecular weight is 476 g/mol. The second-order valence-electron chi connectivity index (χ2n) is 6.96. The van der Waals surface area contributed by atoms with E-state index in [4.69, 9.17) is 9.47 Å². The SMILES string of the molecule is COc1cc(NC(=O)CSc2nnc(SCc3ccc(C(C)C)cc3)s2)cc(OC)c1. The Kier molecular flexibility index (Phi) is 8.62. The van der Waals surface area contributed by atoms with Crippen LogP contribution < -0.4 is 14.8 Å². The lowest BCUT2D eigenvalue weighted by Gasteiger charge is -2.09. The summed E-state index contributed by atoms with van der Waals surface area (Å²) in [7, 11) is 3.14. The Bertz CT molecular complexity index is 984. The van der Waals surface area contributed by atoms with Gasteiger partial charge in [0, 0.05) is 29.6 Å². The van der Waals surface area contributed by atoms with Gasteiger partial charge in [-0.3, -0.25) is 4.79 Å². The van der Waals surface area contributed by atoms with Gasteiger partial charge in [-0.1, -0.05) is 73.0 Å². The molecule has 0 spiro atoms. The lowest BCUT2D eigenvalue weighted by molar-refractivity contribution is -0.113. The van der Waals surface area contributed by atoms with Crippen LogP contribution in [0.2, 0.25) is 0 Å². The number of ether oxygens (including phenoxy) is 2. The second-order valence-corrected chi connectivity index (χ2v) is 10.4. The molecule has 0 aliphatic heterocycles. The Morgan fingerprint density at radius 3 is 2.19 bits per heavy atom. The van der Waals surface area contributed by atoms with Crippen LogP contribution in [-0.4, -0.2) is 36.1 Å². The predicted octanol–water partition coefficient (Wildman–Crippen LogP) is 5.70. The normalized spacial score (nSPS) is 10.9. The molecule has 1 aromatic heterocycles.